The Morgan fingerprint density at radius 3 is 1.57 bits per heavy atom. The number of pyridine rings is 1. The fourth-order valence-electron chi connectivity index (χ4n) is 2.77. The lowest BCUT2D eigenvalue weighted by Gasteiger charge is -2.12. The van der Waals surface area contributed by atoms with E-state index in [9.17, 15) is 31.1 Å². The van der Waals surface area contributed by atoms with Crippen LogP contribution in [0.25, 0.3) is 22.5 Å². The zero-order chi connectivity index (χ0) is 22.1. The molecule has 156 valence electrons. The first kappa shape index (κ1) is 22.0. The molecule has 0 unspecified atom stereocenters. The summed E-state index contributed by atoms with van der Waals surface area (Å²) >= 11 is 3.02. The van der Waals surface area contributed by atoms with E-state index < -0.39 is 23.5 Å². The van der Waals surface area contributed by atoms with E-state index in [1.54, 1.807) is 0 Å². The lowest BCUT2D eigenvalue weighted by Crippen LogP contribution is -2.06. The smallest absolute Gasteiger partial charge is 0.293 e. The summed E-state index contributed by atoms with van der Waals surface area (Å²) in [6, 6.07) is 11.3. The summed E-state index contributed by atoms with van der Waals surface area (Å²) in [6.45, 7) is 0. The maximum absolute atomic E-state index is 13.1. The number of alkyl halides is 7. The summed E-state index contributed by atoms with van der Waals surface area (Å²) in [4.78, 5) is 16.4. The van der Waals surface area contributed by atoms with Crippen LogP contribution >= 0.6 is 15.9 Å². The highest BCUT2D eigenvalue weighted by Gasteiger charge is 2.31. The zero-order valence-electron chi connectivity index (χ0n) is 15.0. The quantitative estimate of drug-likeness (QED) is 0.224. The number of carbonyl (C=O) groups is 1. The molecule has 1 aromatic heterocycles. The molecule has 0 radical (unpaired) electrons. The third-order valence-corrected chi connectivity index (χ3v) is 4.75. The van der Waals surface area contributed by atoms with Crippen LogP contribution in [-0.2, 0) is 12.4 Å². The van der Waals surface area contributed by atoms with Gasteiger partial charge < -0.3 is 0 Å². The molecule has 0 aliphatic heterocycles. The number of carbonyl (C=O) groups excluding carboxylic acids is 1. The van der Waals surface area contributed by atoms with Crippen molar-refractivity contribution in [1.82, 2.24) is 4.98 Å². The molecular weight excluding hydrogens is 476 g/mol. The predicted octanol–water partition coefficient (Wildman–Crippen LogP) is 7.03. The third kappa shape index (κ3) is 4.89. The molecule has 3 aromatic rings. The van der Waals surface area contributed by atoms with Crippen molar-refractivity contribution in [2.75, 3.05) is 5.33 Å². The Hall–Kier alpha value is -2.68. The van der Waals surface area contributed by atoms with E-state index in [0.29, 0.717) is 0 Å². The van der Waals surface area contributed by atoms with Crippen molar-refractivity contribution in [1.29, 1.82) is 0 Å². The SMILES string of the molecule is O=C(CBr)c1cc(-c2cccc(C(F)(F)F)c2)nc(-c2cccc(C(F)(F)F)c2)c1. The lowest BCUT2D eigenvalue weighted by atomic mass is 10.0. The Labute approximate surface area is 175 Å². The van der Waals surface area contributed by atoms with Gasteiger partial charge in [-0.05, 0) is 36.4 Å². The fraction of sp³-hybridized carbons (Fsp3) is 0.143. The summed E-state index contributed by atoms with van der Waals surface area (Å²) in [5, 5.41) is -0.0684. The van der Waals surface area contributed by atoms with Crippen LogP contribution in [0.1, 0.15) is 21.5 Å². The second-order valence-corrected chi connectivity index (χ2v) is 6.90. The number of Topliss-reactive ketones (excluding diaryl/α,β-unsaturated/α-hetero) is 1. The third-order valence-electron chi connectivity index (χ3n) is 4.24. The lowest BCUT2D eigenvalue weighted by molar-refractivity contribution is -0.138. The number of hydrogen-bond donors (Lipinski definition) is 0. The van der Waals surface area contributed by atoms with Gasteiger partial charge in [0.05, 0.1) is 27.8 Å². The van der Waals surface area contributed by atoms with Crippen LogP contribution in [0.3, 0.4) is 0 Å². The van der Waals surface area contributed by atoms with Gasteiger partial charge in [0, 0.05) is 16.7 Å². The summed E-state index contributed by atoms with van der Waals surface area (Å²) < 4.78 is 78.4. The van der Waals surface area contributed by atoms with Gasteiger partial charge in [0.2, 0.25) is 0 Å². The molecule has 0 atom stereocenters. The minimum Gasteiger partial charge on any atom is -0.293 e. The molecule has 0 aliphatic rings. The minimum atomic E-state index is -4.58. The van der Waals surface area contributed by atoms with Crippen molar-refractivity contribution in [3.63, 3.8) is 0 Å². The van der Waals surface area contributed by atoms with Crippen molar-refractivity contribution >= 4 is 21.7 Å². The number of nitrogens with zero attached hydrogens (tertiary/aromatic N) is 1. The number of benzene rings is 2. The van der Waals surface area contributed by atoms with Crippen molar-refractivity contribution < 1.29 is 31.1 Å². The molecule has 2 nitrogen and oxygen atoms in total. The van der Waals surface area contributed by atoms with Gasteiger partial charge >= 0.3 is 12.4 Å². The Balaban J connectivity index is 2.19. The first-order valence-electron chi connectivity index (χ1n) is 8.45. The molecule has 0 aliphatic carbocycles. The van der Waals surface area contributed by atoms with Crippen LogP contribution in [0.4, 0.5) is 26.3 Å². The van der Waals surface area contributed by atoms with E-state index in [1.165, 1.54) is 36.4 Å². The average Bonchev–Trinajstić information content (AvgIpc) is 2.72. The molecule has 9 heteroatoms. The van der Waals surface area contributed by atoms with Gasteiger partial charge in [0.1, 0.15) is 0 Å². The molecule has 3 rings (SSSR count). The van der Waals surface area contributed by atoms with Gasteiger partial charge in [-0.25, -0.2) is 4.98 Å². The van der Waals surface area contributed by atoms with Gasteiger partial charge in [0.25, 0.3) is 0 Å². The maximum atomic E-state index is 13.1. The second-order valence-electron chi connectivity index (χ2n) is 6.34. The normalized spacial score (nSPS) is 12.1. The van der Waals surface area contributed by atoms with E-state index in [4.69, 9.17) is 0 Å². The molecule has 1 heterocycles. The molecular formula is C21H12BrF6NO. The highest BCUT2D eigenvalue weighted by atomic mass is 79.9. The van der Waals surface area contributed by atoms with E-state index in [-0.39, 0.29) is 39.2 Å². The van der Waals surface area contributed by atoms with Crippen LogP contribution in [-0.4, -0.2) is 16.1 Å². The Kier molecular flexibility index (Phi) is 6.03. The van der Waals surface area contributed by atoms with E-state index in [2.05, 4.69) is 20.9 Å². The molecule has 2 aromatic carbocycles. The van der Waals surface area contributed by atoms with Crippen molar-refractivity contribution in [2.45, 2.75) is 12.4 Å². The minimum absolute atomic E-state index is 0.0420. The second kappa shape index (κ2) is 8.22. The highest BCUT2D eigenvalue weighted by molar-refractivity contribution is 9.09. The van der Waals surface area contributed by atoms with Crippen LogP contribution in [0.2, 0.25) is 0 Å². The number of halogens is 7. The monoisotopic (exact) mass is 487 g/mol. The predicted molar refractivity (Wildman–Crippen MR) is 103 cm³/mol. The molecule has 0 fully saturated rings. The van der Waals surface area contributed by atoms with Gasteiger partial charge in [-0.1, -0.05) is 40.2 Å². The molecule has 0 spiro atoms. The molecule has 0 saturated carbocycles. The molecule has 0 N–H and O–H groups in total. The number of ketones is 1. The van der Waals surface area contributed by atoms with Gasteiger partial charge in [-0.3, -0.25) is 4.79 Å². The highest BCUT2D eigenvalue weighted by Crippen LogP contribution is 2.34. The topological polar surface area (TPSA) is 30.0 Å². The summed E-state index contributed by atoms with van der Waals surface area (Å²) in [6.07, 6.45) is -9.16. The van der Waals surface area contributed by atoms with Crippen molar-refractivity contribution in [3.8, 4) is 22.5 Å². The van der Waals surface area contributed by atoms with Gasteiger partial charge in [-0.15, -0.1) is 0 Å². The molecule has 0 bridgehead atoms. The van der Waals surface area contributed by atoms with Crippen molar-refractivity contribution in [2.24, 2.45) is 0 Å². The largest absolute Gasteiger partial charge is 0.416 e. The van der Waals surface area contributed by atoms with E-state index in [1.807, 2.05) is 0 Å². The first-order chi connectivity index (χ1) is 14.0. The molecule has 0 amide bonds. The fourth-order valence-corrected chi connectivity index (χ4v) is 3.10. The van der Waals surface area contributed by atoms with Gasteiger partial charge in [-0.2, -0.15) is 26.3 Å². The number of rotatable bonds is 4. The average molecular weight is 488 g/mol. The van der Waals surface area contributed by atoms with Crippen LogP contribution in [0, 0.1) is 0 Å². The Bertz CT molecular complexity index is 1020. The van der Waals surface area contributed by atoms with E-state index in [0.717, 1.165) is 24.3 Å². The number of aromatic nitrogens is 1. The van der Waals surface area contributed by atoms with Crippen LogP contribution < -0.4 is 0 Å². The summed E-state index contributed by atoms with van der Waals surface area (Å²) in [7, 11) is 0. The zero-order valence-corrected chi connectivity index (χ0v) is 16.6. The first-order valence-corrected chi connectivity index (χ1v) is 9.57. The van der Waals surface area contributed by atoms with E-state index >= 15 is 0 Å². The molecule has 30 heavy (non-hydrogen) atoms. The standard InChI is InChI=1S/C21H12BrF6NO/c22-11-19(30)14-9-17(12-3-1-5-15(7-12)20(23,24)25)29-18(10-14)13-4-2-6-16(8-13)21(26,27)28/h1-10H,11H2. The summed E-state index contributed by atoms with van der Waals surface area (Å²) in [5.74, 6) is -0.390. The van der Waals surface area contributed by atoms with Crippen LogP contribution in [0.5, 0.6) is 0 Å². The Morgan fingerprint density at radius 2 is 1.20 bits per heavy atom. The van der Waals surface area contributed by atoms with Gasteiger partial charge in [0.15, 0.2) is 5.78 Å². The van der Waals surface area contributed by atoms with Crippen LogP contribution in [0.15, 0.2) is 60.7 Å². The summed E-state index contributed by atoms with van der Waals surface area (Å²) in [5.41, 5.74) is -1.44. The maximum Gasteiger partial charge on any atom is 0.416 e. The Morgan fingerprint density at radius 1 is 0.767 bits per heavy atom. The van der Waals surface area contributed by atoms with Crippen molar-refractivity contribution in [3.05, 3.63) is 77.4 Å². The molecule has 0 saturated heterocycles. The number of hydrogen-bond acceptors (Lipinski definition) is 2.